The van der Waals surface area contributed by atoms with Crippen molar-refractivity contribution in [3.63, 3.8) is 0 Å². The van der Waals surface area contributed by atoms with Crippen molar-refractivity contribution in [1.29, 1.82) is 0 Å². The Bertz CT molecular complexity index is 509. The summed E-state index contributed by atoms with van der Waals surface area (Å²) in [6.45, 7) is 0. The average Bonchev–Trinajstić information content (AvgIpc) is 2.48. The molecule has 15 heteroatoms. The lowest BCUT2D eigenvalue weighted by Gasteiger charge is -2.19. The third kappa shape index (κ3) is 7.50. The fourth-order valence-corrected chi connectivity index (χ4v) is 5.49. The van der Waals surface area contributed by atoms with Gasteiger partial charge < -0.3 is 30.0 Å². The molecule has 0 aromatic rings. The second-order valence-electron chi connectivity index (χ2n) is 4.45. The van der Waals surface area contributed by atoms with Crippen LogP contribution in [0, 0.1) is 0 Å². The van der Waals surface area contributed by atoms with E-state index in [2.05, 4.69) is 13.9 Å². The summed E-state index contributed by atoms with van der Waals surface area (Å²) in [4.78, 5) is 35.1. The van der Waals surface area contributed by atoms with Crippen LogP contribution in [0.3, 0.4) is 0 Å². The summed E-state index contributed by atoms with van der Waals surface area (Å²) < 4.78 is 40.5. The van der Waals surface area contributed by atoms with Crippen LogP contribution in [0.4, 0.5) is 0 Å². The van der Waals surface area contributed by atoms with Crippen LogP contribution in [-0.4, -0.2) is 56.8 Å². The summed E-state index contributed by atoms with van der Waals surface area (Å²) in [6, 6.07) is -0.607. The van der Waals surface area contributed by atoms with Gasteiger partial charge >= 0.3 is 23.2 Å². The van der Waals surface area contributed by atoms with E-state index in [9.17, 15) is 23.7 Å². The van der Waals surface area contributed by atoms with Crippen molar-refractivity contribution in [2.75, 3.05) is 6.16 Å². The van der Waals surface area contributed by atoms with E-state index in [1.54, 1.807) is 0 Å². The molecule has 0 aromatic carbocycles. The van der Waals surface area contributed by atoms with Crippen LogP contribution in [-0.2, 0) is 22.3 Å². The molecule has 5 unspecified atom stereocenters. The van der Waals surface area contributed by atoms with Crippen molar-refractivity contribution < 1.29 is 47.0 Å². The van der Waals surface area contributed by atoms with Gasteiger partial charge in [0.1, 0.15) is 0 Å². The highest BCUT2D eigenvalue weighted by Crippen LogP contribution is 2.66. The van der Waals surface area contributed by atoms with Gasteiger partial charge in [0.15, 0.2) is 0 Å². The molecule has 0 aromatic heterocycles. The number of phosphoric acid groups is 2. The maximum absolute atomic E-state index is 11.6. The first-order valence-corrected chi connectivity index (χ1v) is 10.4. The Morgan fingerprint density at radius 3 is 2.14 bits per heavy atom. The quantitative estimate of drug-likeness (QED) is 0.240. The molecule has 5 atom stereocenters. The SMILES string of the molecule is [B]C1CC(O)C(CCP(=O)(O)OP(=O)(O)OP(=O)(O)O)N1. The minimum absolute atomic E-state index is 0.113. The zero-order valence-electron chi connectivity index (χ0n) is 10.5. The van der Waals surface area contributed by atoms with Crippen LogP contribution in [0.15, 0.2) is 0 Å². The molecule has 1 aliphatic heterocycles. The molecule has 122 valence electrons. The fourth-order valence-electron chi connectivity index (χ4n) is 1.81. The van der Waals surface area contributed by atoms with E-state index in [4.69, 9.17) is 22.5 Å². The molecule has 6 N–H and O–H groups in total. The monoisotopic (exact) mass is 365 g/mol. The van der Waals surface area contributed by atoms with Crippen molar-refractivity contribution in [1.82, 2.24) is 5.32 Å². The molecular formula is C6H15BNO10P3. The maximum Gasteiger partial charge on any atom is 0.488 e. The minimum Gasteiger partial charge on any atom is -0.391 e. The third-order valence-corrected chi connectivity index (χ3v) is 6.90. The first kappa shape index (κ1) is 19.5. The zero-order valence-corrected chi connectivity index (χ0v) is 13.2. The lowest BCUT2D eigenvalue weighted by molar-refractivity contribution is 0.157. The van der Waals surface area contributed by atoms with Crippen molar-refractivity contribution >= 4 is 31.1 Å². The van der Waals surface area contributed by atoms with Crippen LogP contribution in [0.5, 0.6) is 0 Å². The van der Waals surface area contributed by atoms with Crippen LogP contribution in [0.25, 0.3) is 0 Å². The summed E-state index contributed by atoms with van der Waals surface area (Å²) in [5.41, 5.74) is 0. The largest absolute Gasteiger partial charge is 0.488 e. The second-order valence-corrected chi connectivity index (χ2v) is 9.40. The standard InChI is InChI=1S/C6H15BNO10P3/c7-6-3-5(9)4(8-6)1-2-19(10,11)17-21(15,16)18-20(12,13)14/h4-6,8-9H,1-3H2,(H,10,11)(H,15,16)(H2,12,13,14). The van der Waals surface area contributed by atoms with Gasteiger partial charge in [0.25, 0.3) is 0 Å². The van der Waals surface area contributed by atoms with Gasteiger partial charge in [-0.2, -0.15) is 4.31 Å². The Kier molecular flexibility index (Phi) is 6.41. The minimum atomic E-state index is -5.41. The van der Waals surface area contributed by atoms with Gasteiger partial charge in [-0.25, -0.2) is 13.4 Å². The van der Waals surface area contributed by atoms with E-state index in [1.165, 1.54) is 0 Å². The predicted molar refractivity (Wildman–Crippen MR) is 70.4 cm³/mol. The summed E-state index contributed by atoms with van der Waals surface area (Å²) in [7, 11) is -9.95. The Morgan fingerprint density at radius 1 is 1.14 bits per heavy atom. The lowest BCUT2D eigenvalue weighted by atomic mass is 9.95. The van der Waals surface area contributed by atoms with Crippen molar-refractivity contribution in [3.8, 4) is 0 Å². The van der Waals surface area contributed by atoms with E-state index in [0.717, 1.165) is 0 Å². The van der Waals surface area contributed by atoms with E-state index in [1.807, 2.05) is 0 Å². The van der Waals surface area contributed by atoms with E-state index < -0.39 is 47.5 Å². The molecule has 1 heterocycles. The highest BCUT2D eigenvalue weighted by atomic mass is 31.3. The Balaban J connectivity index is 2.56. The molecule has 21 heavy (non-hydrogen) atoms. The Hall–Kier alpha value is 0.435. The molecule has 0 spiro atoms. The average molecular weight is 365 g/mol. The summed E-state index contributed by atoms with van der Waals surface area (Å²) >= 11 is 0. The number of rotatable bonds is 7. The Morgan fingerprint density at radius 2 is 1.71 bits per heavy atom. The molecule has 2 radical (unpaired) electrons. The fraction of sp³-hybridized carbons (Fsp3) is 1.00. The predicted octanol–water partition coefficient (Wildman–Crippen LogP) is -0.994. The summed E-state index contributed by atoms with van der Waals surface area (Å²) in [5, 5.41) is 12.3. The van der Waals surface area contributed by atoms with Gasteiger partial charge in [-0.15, -0.1) is 0 Å². The van der Waals surface area contributed by atoms with Crippen LogP contribution in [0.1, 0.15) is 12.8 Å². The van der Waals surface area contributed by atoms with E-state index in [-0.39, 0.29) is 12.8 Å². The third-order valence-electron chi connectivity index (χ3n) is 2.55. The molecule has 0 saturated carbocycles. The van der Waals surface area contributed by atoms with E-state index in [0.29, 0.717) is 0 Å². The molecular weight excluding hydrogens is 350 g/mol. The van der Waals surface area contributed by atoms with Crippen LogP contribution in [0.2, 0.25) is 0 Å². The first-order chi connectivity index (χ1) is 9.30. The number of hydrogen-bond acceptors (Lipinski definition) is 7. The number of aliphatic hydroxyl groups excluding tert-OH is 1. The maximum atomic E-state index is 11.6. The van der Waals surface area contributed by atoms with Gasteiger partial charge in [-0.05, 0) is 18.8 Å². The van der Waals surface area contributed by atoms with Gasteiger partial charge in [0.05, 0.1) is 20.1 Å². The summed E-state index contributed by atoms with van der Waals surface area (Å²) in [6.07, 6.45) is -1.38. The van der Waals surface area contributed by atoms with Gasteiger partial charge in [0.2, 0.25) is 0 Å². The van der Waals surface area contributed by atoms with Crippen molar-refractivity contribution in [2.45, 2.75) is 30.9 Å². The Labute approximate surface area is 121 Å². The zero-order chi connectivity index (χ0) is 16.5. The molecule has 1 rings (SSSR count). The molecule has 1 aliphatic rings. The van der Waals surface area contributed by atoms with Gasteiger partial charge in [-0.1, -0.05) is 0 Å². The highest BCUT2D eigenvalue weighted by Gasteiger charge is 2.40. The van der Waals surface area contributed by atoms with Gasteiger partial charge in [-0.3, -0.25) is 4.57 Å². The normalized spacial score (nSPS) is 32.5. The van der Waals surface area contributed by atoms with E-state index >= 15 is 0 Å². The molecule has 0 amide bonds. The number of aliphatic hydroxyl groups is 1. The smallest absolute Gasteiger partial charge is 0.391 e. The lowest BCUT2D eigenvalue weighted by Crippen LogP contribution is -2.34. The first-order valence-electron chi connectivity index (χ1n) is 5.62. The summed E-state index contributed by atoms with van der Waals surface area (Å²) in [5.74, 6) is -0.481. The molecule has 0 aliphatic carbocycles. The van der Waals surface area contributed by atoms with Crippen LogP contribution < -0.4 is 5.32 Å². The topological polar surface area (TPSA) is 183 Å². The molecule has 1 saturated heterocycles. The van der Waals surface area contributed by atoms with Gasteiger partial charge in [0, 0.05) is 6.04 Å². The number of hydrogen-bond donors (Lipinski definition) is 6. The number of nitrogens with one attached hydrogen (secondary N) is 1. The van der Waals surface area contributed by atoms with Crippen molar-refractivity contribution in [2.24, 2.45) is 0 Å². The van der Waals surface area contributed by atoms with Crippen LogP contribution >= 0.6 is 23.2 Å². The molecule has 11 nitrogen and oxygen atoms in total. The highest BCUT2D eigenvalue weighted by molar-refractivity contribution is 7.68. The van der Waals surface area contributed by atoms with Crippen molar-refractivity contribution in [3.05, 3.63) is 0 Å². The second kappa shape index (κ2) is 6.90. The molecule has 1 fully saturated rings. The molecule has 0 bridgehead atoms.